The lowest BCUT2D eigenvalue weighted by atomic mass is 10.3. The Labute approximate surface area is 124 Å². The van der Waals surface area contributed by atoms with Crippen molar-refractivity contribution in [2.24, 2.45) is 5.92 Å². The second kappa shape index (κ2) is 7.67. The van der Waals surface area contributed by atoms with Crippen LogP contribution in [0, 0.1) is 5.92 Å². The van der Waals surface area contributed by atoms with E-state index < -0.39 is 0 Å². The molecular formula is C15H23N3OS. The largest absolute Gasteiger partial charge is 0.383 e. The summed E-state index contributed by atoms with van der Waals surface area (Å²) in [6, 6.07) is 6.13. The zero-order valence-corrected chi connectivity index (χ0v) is 13.2. The molecule has 0 aliphatic carbocycles. The van der Waals surface area contributed by atoms with Gasteiger partial charge in [0, 0.05) is 32.1 Å². The summed E-state index contributed by atoms with van der Waals surface area (Å²) in [5.74, 6) is 1.76. The number of hydrogen-bond donors (Lipinski definition) is 1. The van der Waals surface area contributed by atoms with E-state index >= 15 is 0 Å². The normalized spacial score (nSPS) is 11.6. The topological polar surface area (TPSA) is 38.6 Å². The van der Waals surface area contributed by atoms with E-state index in [1.54, 1.807) is 7.11 Å². The summed E-state index contributed by atoms with van der Waals surface area (Å²) in [6.07, 6.45) is 2.08. The van der Waals surface area contributed by atoms with Crippen molar-refractivity contribution in [1.29, 1.82) is 0 Å². The van der Waals surface area contributed by atoms with Crippen LogP contribution in [-0.4, -0.2) is 35.4 Å². The van der Waals surface area contributed by atoms with E-state index in [0.717, 1.165) is 36.1 Å². The van der Waals surface area contributed by atoms with Crippen molar-refractivity contribution in [1.82, 2.24) is 14.7 Å². The summed E-state index contributed by atoms with van der Waals surface area (Å²) < 4.78 is 7.24. The molecule has 0 amide bonds. The van der Waals surface area contributed by atoms with Gasteiger partial charge in [0.15, 0.2) is 0 Å². The number of nitrogens with one attached hydrogen (secondary N) is 1. The zero-order valence-electron chi connectivity index (χ0n) is 12.4. The van der Waals surface area contributed by atoms with Gasteiger partial charge in [-0.2, -0.15) is 0 Å². The Morgan fingerprint density at radius 1 is 1.40 bits per heavy atom. The SMILES string of the molecule is COCCNCc1c(SCC(C)C)nc2ccccn12. The third kappa shape index (κ3) is 3.98. The van der Waals surface area contributed by atoms with Gasteiger partial charge < -0.3 is 14.5 Å². The molecule has 2 aromatic heterocycles. The van der Waals surface area contributed by atoms with Crippen LogP contribution >= 0.6 is 11.8 Å². The molecule has 1 N–H and O–H groups in total. The fraction of sp³-hybridized carbons (Fsp3) is 0.533. The minimum absolute atomic E-state index is 0.666. The molecule has 110 valence electrons. The van der Waals surface area contributed by atoms with Crippen LogP contribution in [-0.2, 0) is 11.3 Å². The molecule has 2 rings (SSSR count). The van der Waals surface area contributed by atoms with Gasteiger partial charge >= 0.3 is 0 Å². The van der Waals surface area contributed by atoms with Gasteiger partial charge in [-0.05, 0) is 18.1 Å². The minimum Gasteiger partial charge on any atom is -0.383 e. The zero-order chi connectivity index (χ0) is 14.4. The van der Waals surface area contributed by atoms with Crippen molar-refractivity contribution in [3.05, 3.63) is 30.1 Å². The summed E-state index contributed by atoms with van der Waals surface area (Å²) in [7, 11) is 1.72. The van der Waals surface area contributed by atoms with E-state index in [1.165, 1.54) is 5.69 Å². The molecule has 0 radical (unpaired) electrons. The van der Waals surface area contributed by atoms with E-state index in [4.69, 9.17) is 9.72 Å². The maximum absolute atomic E-state index is 5.07. The molecule has 0 aromatic carbocycles. The van der Waals surface area contributed by atoms with Gasteiger partial charge in [-0.25, -0.2) is 4.98 Å². The lowest BCUT2D eigenvalue weighted by Crippen LogP contribution is -2.19. The summed E-state index contributed by atoms with van der Waals surface area (Å²) in [6.45, 7) is 6.86. The molecule has 4 nitrogen and oxygen atoms in total. The highest BCUT2D eigenvalue weighted by atomic mass is 32.2. The maximum Gasteiger partial charge on any atom is 0.138 e. The van der Waals surface area contributed by atoms with Crippen LogP contribution in [0.5, 0.6) is 0 Å². The molecule has 0 aliphatic rings. The van der Waals surface area contributed by atoms with E-state index in [0.29, 0.717) is 5.92 Å². The number of pyridine rings is 1. The number of imidazole rings is 1. The second-order valence-electron chi connectivity index (χ2n) is 5.17. The predicted molar refractivity (Wildman–Crippen MR) is 84.3 cm³/mol. The van der Waals surface area contributed by atoms with E-state index in [9.17, 15) is 0 Å². The molecule has 0 unspecified atom stereocenters. The molecule has 0 aliphatic heterocycles. The molecule has 0 saturated heterocycles. The van der Waals surface area contributed by atoms with Gasteiger partial charge in [0.1, 0.15) is 10.7 Å². The van der Waals surface area contributed by atoms with Crippen LogP contribution in [0.3, 0.4) is 0 Å². The Morgan fingerprint density at radius 3 is 3.00 bits per heavy atom. The summed E-state index contributed by atoms with van der Waals surface area (Å²) in [5.41, 5.74) is 2.25. The first kappa shape index (κ1) is 15.4. The van der Waals surface area contributed by atoms with Crippen molar-refractivity contribution in [3.63, 3.8) is 0 Å². The monoisotopic (exact) mass is 293 g/mol. The Balaban J connectivity index is 2.16. The van der Waals surface area contributed by atoms with Crippen molar-refractivity contribution >= 4 is 17.4 Å². The van der Waals surface area contributed by atoms with Gasteiger partial charge in [0.2, 0.25) is 0 Å². The van der Waals surface area contributed by atoms with E-state index in [2.05, 4.69) is 35.8 Å². The number of nitrogens with zero attached hydrogens (tertiary/aromatic N) is 2. The first-order chi connectivity index (χ1) is 9.72. The Bertz CT molecular complexity index is 539. The smallest absolute Gasteiger partial charge is 0.138 e. The molecule has 0 spiro atoms. The number of fused-ring (bicyclic) bond motifs is 1. The number of thioether (sulfide) groups is 1. The van der Waals surface area contributed by atoms with Crippen LogP contribution in [0.15, 0.2) is 29.4 Å². The molecule has 5 heteroatoms. The number of ether oxygens (including phenoxy) is 1. The van der Waals surface area contributed by atoms with E-state index in [1.807, 2.05) is 23.9 Å². The second-order valence-corrected chi connectivity index (χ2v) is 6.18. The predicted octanol–water partition coefficient (Wildman–Crippen LogP) is 2.82. The lowest BCUT2D eigenvalue weighted by molar-refractivity contribution is 0.199. The Hall–Kier alpha value is -1.04. The van der Waals surface area contributed by atoms with Gasteiger partial charge in [-0.1, -0.05) is 19.9 Å². The Kier molecular flexibility index (Phi) is 5.88. The summed E-state index contributed by atoms with van der Waals surface area (Å²) in [4.78, 5) is 4.74. The highest BCUT2D eigenvalue weighted by molar-refractivity contribution is 7.99. The molecule has 0 saturated carbocycles. The molecule has 0 bridgehead atoms. The third-order valence-electron chi connectivity index (χ3n) is 2.92. The molecule has 2 aromatic rings. The van der Waals surface area contributed by atoms with Gasteiger partial charge in [0.25, 0.3) is 0 Å². The molecule has 20 heavy (non-hydrogen) atoms. The summed E-state index contributed by atoms with van der Waals surface area (Å²) >= 11 is 1.84. The number of rotatable bonds is 8. The molecular weight excluding hydrogens is 270 g/mol. The van der Waals surface area contributed by atoms with E-state index in [-0.39, 0.29) is 0 Å². The lowest BCUT2D eigenvalue weighted by Gasteiger charge is -2.07. The van der Waals surface area contributed by atoms with Crippen LogP contribution < -0.4 is 5.32 Å². The average molecular weight is 293 g/mol. The van der Waals surface area contributed by atoms with Crippen molar-refractivity contribution in [2.45, 2.75) is 25.4 Å². The number of aromatic nitrogens is 2. The Morgan fingerprint density at radius 2 is 2.25 bits per heavy atom. The number of methoxy groups -OCH3 is 1. The van der Waals surface area contributed by atoms with Crippen LogP contribution in [0.1, 0.15) is 19.5 Å². The van der Waals surface area contributed by atoms with Crippen LogP contribution in [0.2, 0.25) is 0 Å². The van der Waals surface area contributed by atoms with Crippen molar-refractivity contribution in [2.75, 3.05) is 26.0 Å². The third-order valence-corrected chi connectivity index (χ3v) is 4.35. The number of hydrogen-bond acceptors (Lipinski definition) is 4. The summed E-state index contributed by atoms with van der Waals surface area (Å²) in [5, 5.41) is 4.54. The standard InChI is InChI=1S/C15H23N3OS/c1-12(2)11-20-15-13(10-16-7-9-19-3)18-8-5-4-6-14(18)17-15/h4-6,8,12,16H,7,9-11H2,1-3H3. The first-order valence-corrected chi connectivity index (χ1v) is 7.99. The van der Waals surface area contributed by atoms with Gasteiger partial charge in [0.05, 0.1) is 12.3 Å². The molecule has 0 fully saturated rings. The average Bonchev–Trinajstić information content (AvgIpc) is 2.79. The van der Waals surface area contributed by atoms with Crippen LogP contribution in [0.25, 0.3) is 5.65 Å². The molecule has 2 heterocycles. The quantitative estimate of drug-likeness (QED) is 0.600. The minimum atomic E-state index is 0.666. The highest BCUT2D eigenvalue weighted by Crippen LogP contribution is 2.25. The van der Waals surface area contributed by atoms with Crippen LogP contribution in [0.4, 0.5) is 0 Å². The molecule has 0 atom stereocenters. The highest BCUT2D eigenvalue weighted by Gasteiger charge is 2.12. The van der Waals surface area contributed by atoms with Crippen molar-refractivity contribution in [3.8, 4) is 0 Å². The fourth-order valence-corrected chi connectivity index (χ4v) is 2.91. The van der Waals surface area contributed by atoms with Crippen molar-refractivity contribution < 1.29 is 4.74 Å². The van der Waals surface area contributed by atoms with Gasteiger partial charge in [-0.3, -0.25) is 0 Å². The fourth-order valence-electron chi connectivity index (χ4n) is 1.93. The maximum atomic E-state index is 5.07. The van der Waals surface area contributed by atoms with Gasteiger partial charge in [-0.15, -0.1) is 11.8 Å². The first-order valence-electron chi connectivity index (χ1n) is 7.00.